The Balaban J connectivity index is 2.03. The third-order valence-corrected chi connectivity index (χ3v) is 3.88. The van der Waals surface area contributed by atoms with Gasteiger partial charge in [0.15, 0.2) is 0 Å². The van der Waals surface area contributed by atoms with Crippen LogP contribution < -0.4 is 10.6 Å². The molecule has 0 saturated carbocycles. The van der Waals surface area contributed by atoms with Crippen molar-refractivity contribution in [3.05, 3.63) is 34.9 Å². The number of halogens is 1. The first kappa shape index (κ1) is 14.4. The highest BCUT2D eigenvalue weighted by Crippen LogP contribution is 2.22. The van der Waals surface area contributed by atoms with Crippen molar-refractivity contribution in [3.8, 4) is 0 Å². The van der Waals surface area contributed by atoms with E-state index in [1.54, 1.807) is 0 Å². The maximum Gasteiger partial charge on any atom is 0.237 e. The van der Waals surface area contributed by atoms with Crippen LogP contribution in [-0.2, 0) is 10.3 Å². The number of hydrogen-bond donors (Lipinski definition) is 2. The predicted molar refractivity (Wildman–Crippen MR) is 78.3 cm³/mol. The Labute approximate surface area is 119 Å². The molecular formula is C15H21ClN2O. The zero-order chi connectivity index (χ0) is 13.9. The van der Waals surface area contributed by atoms with E-state index in [-0.39, 0.29) is 17.5 Å². The number of carbonyl (C=O) groups is 1. The zero-order valence-corrected chi connectivity index (χ0v) is 12.3. The lowest BCUT2D eigenvalue weighted by Gasteiger charge is -2.31. The third-order valence-electron chi connectivity index (χ3n) is 3.63. The number of rotatable bonds is 3. The summed E-state index contributed by atoms with van der Waals surface area (Å²) < 4.78 is 0. The molecule has 19 heavy (non-hydrogen) atoms. The molecule has 0 aliphatic carbocycles. The molecule has 0 radical (unpaired) electrons. The minimum absolute atomic E-state index is 0.0553. The molecule has 0 bridgehead atoms. The fraction of sp³-hybridized carbons (Fsp3) is 0.533. The van der Waals surface area contributed by atoms with E-state index in [1.165, 1.54) is 0 Å². The van der Waals surface area contributed by atoms with Crippen LogP contribution in [0.2, 0.25) is 5.02 Å². The SMILES string of the molecule is CC(C)(NC(=O)C1CCCCN1)c1ccc(Cl)cc1. The van der Waals surface area contributed by atoms with Crippen molar-refractivity contribution in [2.24, 2.45) is 0 Å². The molecule has 1 fully saturated rings. The number of amides is 1. The number of carbonyl (C=O) groups excluding carboxylic acids is 1. The lowest BCUT2D eigenvalue weighted by Crippen LogP contribution is -2.52. The van der Waals surface area contributed by atoms with Gasteiger partial charge in [-0.2, -0.15) is 0 Å². The molecule has 1 atom stereocenters. The lowest BCUT2D eigenvalue weighted by atomic mass is 9.93. The molecular weight excluding hydrogens is 260 g/mol. The Morgan fingerprint density at radius 2 is 2.00 bits per heavy atom. The molecule has 4 heteroatoms. The first-order chi connectivity index (χ1) is 8.99. The second-order valence-corrected chi connectivity index (χ2v) is 6.06. The fourth-order valence-corrected chi connectivity index (χ4v) is 2.54. The first-order valence-electron chi connectivity index (χ1n) is 6.80. The summed E-state index contributed by atoms with van der Waals surface area (Å²) in [6.07, 6.45) is 3.19. The molecule has 0 spiro atoms. The van der Waals surface area contributed by atoms with Gasteiger partial charge in [-0.05, 0) is 50.9 Å². The summed E-state index contributed by atoms with van der Waals surface area (Å²) in [7, 11) is 0. The van der Waals surface area contributed by atoms with Crippen LogP contribution in [0, 0.1) is 0 Å². The molecule has 1 unspecified atom stereocenters. The van der Waals surface area contributed by atoms with Crippen LogP contribution in [0.15, 0.2) is 24.3 Å². The van der Waals surface area contributed by atoms with Gasteiger partial charge in [0.1, 0.15) is 0 Å². The van der Waals surface area contributed by atoms with E-state index in [0.717, 1.165) is 31.4 Å². The van der Waals surface area contributed by atoms with E-state index >= 15 is 0 Å². The highest BCUT2D eigenvalue weighted by molar-refractivity contribution is 6.30. The summed E-state index contributed by atoms with van der Waals surface area (Å²) in [4.78, 5) is 12.3. The van der Waals surface area contributed by atoms with E-state index in [0.29, 0.717) is 5.02 Å². The summed E-state index contributed by atoms with van der Waals surface area (Å²) in [6.45, 7) is 4.95. The highest BCUT2D eigenvalue weighted by atomic mass is 35.5. The summed E-state index contributed by atoms with van der Waals surface area (Å²) in [5, 5.41) is 7.09. The van der Waals surface area contributed by atoms with Crippen molar-refractivity contribution in [2.45, 2.75) is 44.7 Å². The van der Waals surface area contributed by atoms with Gasteiger partial charge >= 0.3 is 0 Å². The van der Waals surface area contributed by atoms with E-state index in [9.17, 15) is 4.79 Å². The number of nitrogens with one attached hydrogen (secondary N) is 2. The molecule has 3 nitrogen and oxygen atoms in total. The first-order valence-corrected chi connectivity index (χ1v) is 7.18. The van der Waals surface area contributed by atoms with Crippen LogP contribution >= 0.6 is 11.6 Å². The molecule has 1 saturated heterocycles. The fourth-order valence-electron chi connectivity index (χ4n) is 2.41. The zero-order valence-electron chi connectivity index (χ0n) is 11.5. The van der Waals surface area contributed by atoms with Crippen molar-refractivity contribution in [1.82, 2.24) is 10.6 Å². The monoisotopic (exact) mass is 280 g/mol. The van der Waals surface area contributed by atoms with E-state index in [4.69, 9.17) is 11.6 Å². The van der Waals surface area contributed by atoms with Crippen LogP contribution in [0.25, 0.3) is 0 Å². The molecule has 2 N–H and O–H groups in total. The van der Waals surface area contributed by atoms with Crippen molar-refractivity contribution < 1.29 is 4.79 Å². The minimum Gasteiger partial charge on any atom is -0.346 e. The van der Waals surface area contributed by atoms with Gasteiger partial charge in [0.05, 0.1) is 11.6 Å². The number of benzene rings is 1. The predicted octanol–water partition coefficient (Wildman–Crippen LogP) is 2.83. The summed E-state index contributed by atoms with van der Waals surface area (Å²) in [6, 6.07) is 7.56. The Hall–Kier alpha value is -1.06. The van der Waals surface area contributed by atoms with Gasteiger partial charge in [-0.1, -0.05) is 30.2 Å². The van der Waals surface area contributed by atoms with Crippen LogP contribution in [0.4, 0.5) is 0 Å². The average Bonchev–Trinajstić information content (AvgIpc) is 2.40. The maximum absolute atomic E-state index is 12.3. The molecule has 1 aliphatic heterocycles. The largest absolute Gasteiger partial charge is 0.346 e. The molecule has 1 aromatic rings. The molecule has 1 aliphatic rings. The van der Waals surface area contributed by atoms with Crippen LogP contribution in [0.3, 0.4) is 0 Å². The van der Waals surface area contributed by atoms with Gasteiger partial charge < -0.3 is 10.6 Å². The normalized spacial score (nSPS) is 20.1. The van der Waals surface area contributed by atoms with Gasteiger partial charge in [-0.3, -0.25) is 4.79 Å². The Morgan fingerprint density at radius 3 is 2.58 bits per heavy atom. The van der Waals surface area contributed by atoms with Gasteiger partial charge in [0, 0.05) is 5.02 Å². The number of piperidine rings is 1. The molecule has 1 heterocycles. The molecule has 1 aromatic carbocycles. The summed E-state index contributed by atoms with van der Waals surface area (Å²) in [5.41, 5.74) is 0.668. The Bertz CT molecular complexity index is 436. The average molecular weight is 281 g/mol. The smallest absolute Gasteiger partial charge is 0.237 e. The van der Waals surface area contributed by atoms with Crippen LogP contribution in [-0.4, -0.2) is 18.5 Å². The highest BCUT2D eigenvalue weighted by Gasteiger charge is 2.27. The second kappa shape index (κ2) is 5.93. The molecule has 0 aromatic heterocycles. The van der Waals surface area contributed by atoms with Crippen LogP contribution in [0.1, 0.15) is 38.7 Å². The van der Waals surface area contributed by atoms with Crippen molar-refractivity contribution in [1.29, 1.82) is 0 Å². The van der Waals surface area contributed by atoms with Gasteiger partial charge in [-0.15, -0.1) is 0 Å². The van der Waals surface area contributed by atoms with Crippen LogP contribution in [0.5, 0.6) is 0 Å². The minimum atomic E-state index is -0.388. The van der Waals surface area contributed by atoms with Crippen molar-refractivity contribution in [2.75, 3.05) is 6.54 Å². The van der Waals surface area contributed by atoms with E-state index in [1.807, 2.05) is 38.1 Å². The quantitative estimate of drug-likeness (QED) is 0.894. The topological polar surface area (TPSA) is 41.1 Å². The van der Waals surface area contributed by atoms with Gasteiger partial charge in [0.2, 0.25) is 5.91 Å². The summed E-state index contributed by atoms with van der Waals surface area (Å²) >= 11 is 5.89. The maximum atomic E-state index is 12.3. The van der Waals surface area contributed by atoms with Crippen molar-refractivity contribution >= 4 is 17.5 Å². The molecule has 1 amide bonds. The lowest BCUT2D eigenvalue weighted by molar-refractivity contribution is -0.125. The van der Waals surface area contributed by atoms with E-state index < -0.39 is 0 Å². The Morgan fingerprint density at radius 1 is 1.32 bits per heavy atom. The summed E-state index contributed by atoms with van der Waals surface area (Å²) in [5.74, 6) is 0.0830. The molecule has 2 rings (SSSR count). The second-order valence-electron chi connectivity index (χ2n) is 5.62. The third kappa shape index (κ3) is 3.71. The van der Waals surface area contributed by atoms with Gasteiger partial charge in [0.25, 0.3) is 0 Å². The number of hydrogen-bond acceptors (Lipinski definition) is 2. The van der Waals surface area contributed by atoms with Gasteiger partial charge in [-0.25, -0.2) is 0 Å². The van der Waals surface area contributed by atoms with E-state index in [2.05, 4.69) is 10.6 Å². The Kier molecular flexibility index (Phi) is 4.48. The molecule has 104 valence electrons. The standard InChI is InChI=1S/C15H21ClN2O/c1-15(2,11-6-8-12(16)9-7-11)18-14(19)13-5-3-4-10-17-13/h6-9,13,17H,3-5,10H2,1-2H3,(H,18,19). The van der Waals surface area contributed by atoms with Crippen molar-refractivity contribution in [3.63, 3.8) is 0 Å².